The number of likely N-dealkylation sites (N-methyl/N-ethyl adjacent to an activating group) is 1. The van der Waals surface area contributed by atoms with Crippen molar-refractivity contribution in [2.45, 2.75) is 38.4 Å². The van der Waals surface area contributed by atoms with Crippen LogP contribution in [0.25, 0.3) is 5.65 Å². The fraction of sp³-hybridized carbons (Fsp3) is 0.471. The van der Waals surface area contributed by atoms with Crippen molar-refractivity contribution >= 4 is 17.6 Å². The van der Waals surface area contributed by atoms with E-state index in [1.54, 1.807) is 6.20 Å². The molecule has 2 heterocycles. The van der Waals surface area contributed by atoms with Crippen LogP contribution in [0.15, 0.2) is 30.7 Å². The summed E-state index contributed by atoms with van der Waals surface area (Å²) in [6, 6.07) is 4.01. The summed E-state index contributed by atoms with van der Waals surface area (Å²) in [5, 5.41) is 14.7. The summed E-state index contributed by atoms with van der Waals surface area (Å²) < 4.78 is 1.91. The van der Waals surface area contributed by atoms with Crippen molar-refractivity contribution in [1.82, 2.24) is 24.9 Å². The fourth-order valence-corrected chi connectivity index (χ4v) is 3.16. The van der Waals surface area contributed by atoms with Gasteiger partial charge >= 0.3 is 12.0 Å². The van der Waals surface area contributed by atoms with E-state index in [4.69, 9.17) is 5.11 Å². The molecule has 1 fully saturated rings. The molecule has 2 aromatic rings. The smallest absolute Gasteiger partial charge is 0.317 e. The van der Waals surface area contributed by atoms with Crippen LogP contribution in [0, 0.1) is 0 Å². The van der Waals surface area contributed by atoms with Gasteiger partial charge < -0.3 is 20.1 Å². The fourth-order valence-electron chi connectivity index (χ4n) is 3.16. The van der Waals surface area contributed by atoms with E-state index in [1.807, 2.05) is 40.8 Å². The zero-order valence-electron chi connectivity index (χ0n) is 14.2. The minimum atomic E-state index is -0.814. The van der Waals surface area contributed by atoms with Crippen molar-refractivity contribution in [2.75, 3.05) is 13.1 Å². The Bertz CT molecular complexity index is 754. The topological polar surface area (TPSA) is 99.0 Å². The van der Waals surface area contributed by atoms with E-state index in [0.29, 0.717) is 13.1 Å². The Kier molecular flexibility index (Phi) is 5.18. The van der Waals surface area contributed by atoms with Crippen molar-refractivity contribution in [3.8, 4) is 0 Å². The van der Waals surface area contributed by atoms with Gasteiger partial charge in [-0.25, -0.2) is 9.78 Å². The Morgan fingerprint density at radius 1 is 1.40 bits per heavy atom. The Morgan fingerprint density at radius 3 is 2.92 bits per heavy atom. The zero-order valence-corrected chi connectivity index (χ0v) is 14.2. The van der Waals surface area contributed by atoms with Crippen molar-refractivity contribution in [3.63, 3.8) is 0 Å². The van der Waals surface area contributed by atoms with E-state index in [2.05, 4.69) is 15.6 Å². The quantitative estimate of drug-likeness (QED) is 0.697. The van der Waals surface area contributed by atoms with Crippen molar-refractivity contribution in [2.24, 2.45) is 0 Å². The Hall–Kier alpha value is -2.61. The third-order valence-corrected chi connectivity index (χ3v) is 4.62. The number of fused-ring (bicyclic) bond motifs is 1. The lowest BCUT2D eigenvalue weighted by Gasteiger charge is -2.42. The average molecular weight is 345 g/mol. The molecule has 1 aliphatic rings. The van der Waals surface area contributed by atoms with Crippen LogP contribution in [0.3, 0.4) is 0 Å². The van der Waals surface area contributed by atoms with Gasteiger partial charge in [0.25, 0.3) is 0 Å². The van der Waals surface area contributed by atoms with Gasteiger partial charge in [-0.15, -0.1) is 0 Å². The maximum absolute atomic E-state index is 12.0. The Balaban J connectivity index is 1.41. The van der Waals surface area contributed by atoms with Gasteiger partial charge in [-0.3, -0.25) is 9.69 Å². The molecule has 2 aromatic heterocycles. The van der Waals surface area contributed by atoms with Crippen LogP contribution in [-0.2, 0) is 11.3 Å². The largest absolute Gasteiger partial charge is 0.480 e. The molecule has 0 aromatic carbocycles. The van der Waals surface area contributed by atoms with Crippen molar-refractivity contribution in [1.29, 1.82) is 0 Å². The minimum Gasteiger partial charge on any atom is -0.480 e. The Morgan fingerprint density at radius 2 is 2.20 bits per heavy atom. The predicted octanol–water partition coefficient (Wildman–Crippen LogP) is 1.07. The number of hydrogen-bond donors (Lipinski definition) is 3. The zero-order chi connectivity index (χ0) is 17.8. The van der Waals surface area contributed by atoms with Gasteiger partial charge in [0.05, 0.1) is 6.54 Å². The maximum Gasteiger partial charge on any atom is 0.317 e. The van der Waals surface area contributed by atoms with Crippen LogP contribution in [0.2, 0.25) is 0 Å². The molecule has 8 nitrogen and oxygen atoms in total. The lowest BCUT2D eigenvalue weighted by Crippen LogP contribution is -2.56. The number of rotatable bonds is 7. The molecular weight excluding hydrogens is 322 g/mol. The normalized spacial score (nSPS) is 19.6. The third-order valence-electron chi connectivity index (χ3n) is 4.62. The van der Waals surface area contributed by atoms with Gasteiger partial charge in [-0.05, 0) is 37.1 Å². The van der Waals surface area contributed by atoms with E-state index >= 15 is 0 Å². The molecule has 0 aliphatic heterocycles. The minimum absolute atomic E-state index is 0.0519. The summed E-state index contributed by atoms with van der Waals surface area (Å²) in [5.41, 5.74) is 1.83. The number of urea groups is 1. The van der Waals surface area contributed by atoms with Crippen LogP contribution >= 0.6 is 0 Å². The molecule has 3 rings (SSSR count). The first-order chi connectivity index (χ1) is 12.0. The molecule has 0 bridgehead atoms. The molecule has 0 saturated heterocycles. The lowest BCUT2D eigenvalue weighted by molar-refractivity contribution is -0.139. The highest BCUT2D eigenvalue weighted by Crippen LogP contribution is 2.25. The number of pyridine rings is 1. The van der Waals surface area contributed by atoms with E-state index < -0.39 is 5.97 Å². The number of amides is 2. The maximum atomic E-state index is 12.0. The third kappa shape index (κ3) is 4.27. The number of carboxylic acid groups (broad SMARTS) is 1. The first-order valence-electron chi connectivity index (χ1n) is 8.47. The number of carbonyl (C=O) groups excluding carboxylic acids is 1. The van der Waals surface area contributed by atoms with Gasteiger partial charge in [0.2, 0.25) is 0 Å². The van der Waals surface area contributed by atoms with Crippen LogP contribution in [-0.4, -0.2) is 56.6 Å². The molecule has 0 atom stereocenters. The van der Waals surface area contributed by atoms with Crippen LogP contribution in [0.1, 0.15) is 25.3 Å². The molecule has 1 saturated carbocycles. The Labute approximate surface area is 145 Å². The van der Waals surface area contributed by atoms with Crippen LogP contribution in [0.4, 0.5) is 4.79 Å². The highest BCUT2D eigenvalue weighted by Gasteiger charge is 2.34. The summed E-state index contributed by atoms with van der Waals surface area (Å²) in [7, 11) is 0. The molecule has 2 amide bonds. The van der Waals surface area contributed by atoms with Gasteiger partial charge in [0.15, 0.2) is 0 Å². The highest BCUT2D eigenvalue weighted by atomic mass is 16.4. The van der Waals surface area contributed by atoms with Gasteiger partial charge in [0.1, 0.15) is 5.65 Å². The molecule has 8 heteroatoms. The molecule has 0 spiro atoms. The second-order valence-electron chi connectivity index (χ2n) is 6.33. The van der Waals surface area contributed by atoms with Gasteiger partial charge in [-0.1, -0.05) is 6.92 Å². The van der Waals surface area contributed by atoms with E-state index in [0.717, 1.165) is 24.1 Å². The average Bonchev–Trinajstić information content (AvgIpc) is 3.01. The first kappa shape index (κ1) is 17.2. The lowest BCUT2D eigenvalue weighted by atomic mass is 9.85. The van der Waals surface area contributed by atoms with Gasteiger partial charge in [0, 0.05) is 37.2 Å². The standard InChI is InChI=1S/C17H23N5O3/c1-2-21(11-16(23)24)14-8-13(9-14)20-17(25)19-10-12-3-5-22-6-4-18-15(22)7-12/h3-7,13-14H,2,8-11H2,1H3,(H,23,24)(H2,19,20,25). The molecule has 134 valence electrons. The second-order valence-corrected chi connectivity index (χ2v) is 6.33. The van der Waals surface area contributed by atoms with E-state index in [9.17, 15) is 9.59 Å². The number of imidazole rings is 1. The first-order valence-corrected chi connectivity index (χ1v) is 8.47. The molecule has 0 unspecified atom stereocenters. The number of nitrogens with one attached hydrogen (secondary N) is 2. The number of nitrogens with zero attached hydrogens (tertiary/aromatic N) is 3. The predicted molar refractivity (Wildman–Crippen MR) is 92.3 cm³/mol. The van der Waals surface area contributed by atoms with E-state index in [-0.39, 0.29) is 24.7 Å². The van der Waals surface area contributed by atoms with Crippen molar-refractivity contribution < 1.29 is 14.7 Å². The van der Waals surface area contributed by atoms with Crippen LogP contribution < -0.4 is 10.6 Å². The molecule has 0 radical (unpaired) electrons. The summed E-state index contributed by atoms with van der Waals surface area (Å²) >= 11 is 0. The number of hydrogen-bond acceptors (Lipinski definition) is 4. The summed E-state index contributed by atoms with van der Waals surface area (Å²) in [5.74, 6) is -0.814. The second kappa shape index (κ2) is 7.52. The summed E-state index contributed by atoms with van der Waals surface area (Å²) in [4.78, 5) is 29.0. The number of aliphatic carboxylic acids is 1. The SMILES string of the molecule is CCN(CC(=O)O)C1CC(NC(=O)NCc2ccn3ccnc3c2)C1. The number of aromatic nitrogens is 2. The van der Waals surface area contributed by atoms with Gasteiger partial charge in [-0.2, -0.15) is 0 Å². The summed E-state index contributed by atoms with van der Waals surface area (Å²) in [6.07, 6.45) is 7.09. The van der Waals surface area contributed by atoms with Crippen LogP contribution in [0.5, 0.6) is 0 Å². The molecule has 1 aliphatic carbocycles. The molecular formula is C17H23N5O3. The van der Waals surface area contributed by atoms with Crippen molar-refractivity contribution in [3.05, 3.63) is 36.3 Å². The summed E-state index contributed by atoms with van der Waals surface area (Å²) in [6.45, 7) is 3.14. The number of carbonyl (C=O) groups is 2. The highest BCUT2D eigenvalue weighted by molar-refractivity contribution is 5.74. The number of carboxylic acids is 1. The van der Waals surface area contributed by atoms with E-state index in [1.165, 1.54) is 0 Å². The monoisotopic (exact) mass is 345 g/mol. The molecule has 3 N–H and O–H groups in total. The molecule has 25 heavy (non-hydrogen) atoms.